The molecule has 0 bridgehead atoms. The molecule has 2 rings (SSSR count). The van der Waals surface area contributed by atoms with Crippen LogP contribution in [-0.2, 0) is 6.54 Å². The molecule has 0 amide bonds. The lowest BCUT2D eigenvalue weighted by Crippen LogP contribution is -1.96. The molecule has 0 unspecified atom stereocenters. The lowest BCUT2D eigenvalue weighted by atomic mass is 10.3. The number of halogens is 1. The molecule has 0 saturated carbocycles. The van der Waals surface area contributed by atoms with E-state index in [0.717, 1.165) is 12.1 Å². The van der Waals surface area contributed by atoms with Crippen molar-refractivity contribution >= 4 is 22.5 Å². The van der Waals surface area contributed by atoms with Crippen LogP contribution in [0, 0.1) is 6.92 Å². The summed E-state index contributed by atoms with van der Waals surface area (Å²) >= 11 is 6.02. The highest BCUT2D eigenvalue weighted by molar-refractivity contribution is 6.33. The van der Waals surface area contributed by atoms with E-state index in [1.54, 1.807) is 6.20 Å². The van der Waals surface area contributed by atoms with Gasteiger partial charge in [0.05, 0.1) is 5.52 Å². The molecule has 0 aliphatic carbocycles. The first kappa shape index (κ1) is 8.57. The minimum Gasteiger partial charge on any atom is -0.343 e. The first-order valence-corrected chi connectivity index (χ1v) is 4.72. The van der Waals surface area contributed by atoms with E-state index in [1.165, 1.54) is 11.1 Å². The largest absolute Gasteiger partial charge is 0.343 e. The minimum absolute atomic E-state index is 0.590. The molecule has 3 heteroatoms. The van der Waals surface area contributed by atoms with Gasteiger partial charge in [-0.2, -0.15) is 0 Å². The quantitative estimate of drug-likeness (QED) is 0.639. The summed E-state index contributed by atoms with van der Waals surface area (Å²) in [6, 6.07) is 4.12. The molecule has 0 N–H and O–H groups in total. The van der Waals surface area contributed by atoms with Crippen molar-refractivity contribution in [1.29, 1.82) is 0 Å². The van der Waals surface area contributed by atoms with Crippen LogP contribution in [0.1, 0.15) is 12.6 Å². The van der Waals surface area contributed by atoms with Crippen LogP contribution in [0.2, 0.25) is 5.15 Å². The van der Waals surface area contributed by atoms with Crippen LogP contribution in [-0.4, -0.2) is 9.55 Å². The monoisotopic (exact) mass is 194 g/mol. The summed E-state index contributed by atoms with van der Waals surface area (Å²) in [6.07, 6.45) is 1.74. The third kappa shape index (κ3) is 1.22. The highest BCUT2D eigenvalue weighted by Crippen LogP contribution is 2.24. The molecule has 0 aromatic carbocycles. The van der Waals surface area contributed by atoms with Crippen LogP contribution < -0.4 is 0 Å². The number of aryl methyl sites for hydroxylation is 2. The number of rotatable bonds is 1. The topological polar surface area (TPSA) is 17.8 Å². The van der Waals surface area contributed by atoms with Crippen LogP contribution in [0.25, 0.3) is 10.9 Å². The van der Waals surface area contributed by atoms with Crippen molar-refractivity contribution in [3.8, 4) is 0 Å². The molecule has 0 atom stereocenters. The fraction of sp³-hybridized carbons (Fsp3) is 0.300. The van der Waals surface area contributed by atoms with Crippen LogP contribution in [0.3, 0.4) is 0 Å². The van der Waals surface area contributed by atoms with Crippen molar-refractivity contribution < 1.29 is 0 Å². The highest BCUT2D eigenvalue weighted by atomic mass is 35.5. The van der Waals surface area contributed by atoms with E-state index in [0.29, 0.717) is 5.15 Å². The fourth-order valence-corrected chi connectivity index (χ4v) is 1.98. The summed E-state index contributed by atoms with van der Waals surface area (Å²) in [4.78, 5) is 4.07. The van der Waals surface area contributed by atoms with E-state index < -0.39 is 0 Å². The molecule has 0 saturated heterocycles. The molecule has 0 fully saturated rings. The number of pyridine rings is 1. The molecule has 0 aliphatic heterocycles. The van der Waals surface area contributed by atoms with Gasteiger partial charge >= 0.3 is 0 Å². The summed E-state index contributed by atoms with van der Waals surface area (Å²) in [5, 5.41) is 1.76. The predicted octanol–water partition coefficient (Wildman–Crippen LogP) is 3.02. The SMILES string of the molecule is CCn1c(C)cc2ccnc(Cl)c21. The standard InChI is InChI=1S/C10H11ClN2/c1-3-13-7(2)6-8-4-5-12-10(11)9(8)13/h4-6H,3H2,1-2H3. The molecule has 0 aliphatic rings. The average molecular weight is 195 g/mol. The third-order valence-corrected chi connectivity index (χ3v) is 2.56. The summed E-state index contributed by atoms with van der Waals surface area (Å²) in [5.41, 5.74) is 2.27. The zero-order valence-corrected chi connectivity index (χ0v) is 8.47. The van der Waals surface area contributed by atoms with E-state index in [9.17, 15) is 0 Å². The minimum atomic E-state index is 0.590. The highest BCUT2D eigenvalue weighted by Gasteiger charge is 2.07. The molecule has 2 aromatic heterocycles. The van der Waals surface area contributed by atoms with Gasteiger partial charge in [-0.1, -0.05) is 11.6 Å². The van der Waals surface area contributed by atoms with Gasteiger partial charge in [-0.3, -0.25) is 0 Å². The Labute approximate surface area is 82.1 Å². The lowest BCUT2D eigenvalue weighted by Gasteiger charge is -2.03. The summed E-state index contributed by atoms with van der Waals surface area (Å²) in [7, 11) is 0. The molecule has 2 heterocycles. The molecule has 2 nitrogen and oxygen atoms in total. The fourth-order valence-electron chi connectivity index (χ4n) is 1.71. The molecule has 13 heavy (non-hydrogen) atoms. The van der Waals surface area contributed by atoms with Crippen LogP contribution in [0.4, 0.5) is 0 Å². The van der Waals surface area contributed by atoms with Crippen molar-refractivity contribution in [3.05, 3.63) is 29.2 Å². The number of fused-ring (bicyclic) bond motifs is 1. The van der Waals surface area contributed by atoms with Gasteiger partial charge in [0.15, 0.2) is 5.15 Å². The third-order valence-electron chi connectivity index (χ3n) is 2.29. The van der Waals surface area contributed by atoms with Gasteiger partial charge < -0.3 is 4.57 Å². The van der Waals surface area contributed by atoms with Crippen LogP contribution >= 0.6 is 11.6 Å². The Balaban J connectivity index is 2.88. The van der Waals surface area contributed by atoms with E-state index in [4.69, 9.17) is 11.6 Å². The van der Waals surface area contributed by atoms with E-state index in [1.807, 2.05) is 6.07 Å². The smallest absolute Gasteiger partial charge is 0.153 e. The number of aromatic nitrogens is 2. The maximum atomic E-state index is 6.02. The second kappa shape index (κ2) is 3.04. The maximum absolute atomic E-state index is 6.02. The second-order valence-electron chi connectivity index (χ2n) is 3.07. The van der Waals surface area contributed by atoms with E-state index >= 15 is 0 Å². The van der Waals surface area contributed by atoms with Gasteiger partial charge in [-0.25, -0.2) is 4.98 Å². The zero-order chi connectivity index (χ0) is 9.42. The van der Waals surface area contributed by atoms with Gasteiger partial charge in [0.2, 0.25) is 0 Å². The Morgan fingerprint density at radius 1 is 1.54 bits per heavy atom. The first-order valence-electron chi connectivity index (χ1n) is 4.34. The molecule has 2 aromatic rings. The summed E-state index contributed by atoms with van der Waals surface area (Å²) in [5.74, 6) is 0. The molecule has 0 spiro atoms. The molecule has 0 radical (unpaired) electrons. The summed E-state index contributed by atoms with van der Waals surface area (Å²) in [6.45, 7) is 5.12. The lowest BCUT2D eigenvalue weighted by molar-refractivity contribution is 0.768. The number of hydrogen-bond donors (Lipinski definition) is 0. The van der Waals surface area contributed by atoms with Gasteiger partial charge in [-0.05, 0) is 26.0 Å². The van der Waals surface area contributed by atoms with Gasteiger partial charge in [0, 0.05) is 23.8 Å². The number of hydrogen-bond acceptors (Lipinski definition) is 1. The van der Waals surface area contributed by atoms with Crippen molar-refractivity contribution in [2.24, 2.45) is 0 Å². The van der Waals surface area contributed by atoms with Crippen molar-refractivity contribution in [1.82, 2.24) is 9.55 Å². The average Bonchev–Trinajstić information content (AvgIpc) is 2.42. The normalized spacial score (nSPS) is 11.0. The first-order chi connectivity index (χ1) is 6.24. The Morgan fingerprint density at radius 2 is 2.31 bits per heavy atom. The van der Waals surface area contributed by atoms with Crippen molar-refractivity contribution in [2.75, 3.05) is 0 Å². The van der Waals surface area contributed by atoms with Gasteiger partial charge in [0.1, 0.15) is 0 Å². The zero-order valence-electron chi connectivity index (χ0n) is 7.71. The van der Waals surface area contributed by atoms with Crippen LogP contribution in [0.15, 0.2) is 18.3 Å². The molecular weight excluding hydrogens is 184 g/mol. The Bertz CT molecular complexity index is 445. The number of nitrogens with zero attached hydrogens (tertiary/aromatic N) is 2. The van der Waals surface area contributed by atoms with Crippen molar-refractivity contribution in [3.63, 3.8) is 0 Å². The Kier molecular flexibility index (Phi) is 2.00. The van der Waals surface area contributed by atoms with Gasteiger partial charge in [0.25, 0.3) is 0 Å². The van der Waals surface area contributed by atoms with Crippen LogP contribution in [0.5, 0.6) is 0 Å². The second-order valence-corrected chi connectivity index (χ2v) is 3.43. The Hall–Kier alpha value is -1.02. The maximum Gasteiger partial charge on any atom is 0.153 e. The summed E-state index contributed by atoms with van der Waals surface area (Å²) < 4.78 is 2.17. The van der Waals surface area contributed by atoms with Gasteiger partial charge in [-0.15, -0.1) is 0 Å². The van der Waals surface area contributed by atoms with Crippen molar-refractivity contribution in [2.45, 2.75) is 20.4 Å². The predicted molar refractivity (Wildman–Crippen MR) is 55.2 cm³/mol. The van der Waals surface area contributed by atoms with E-state index in [2.05, 4.69) is 29.5 Å². The Morgan fingerprint density at radius 3 is 3.00 bits per heavy atom. The molecule has 68 valence electrons. The molecular formula is C10H11ClN2. The van der Waals surface area contributed by atoms with E-state index in [-0.39, 0.29) is 0 Å².